The molecule has 0 radical (unpaired) electrons. The molecular formula is C19H14ClF3N4O3. The molecule has 0 spiro atoms. The predicted octanol–water partition coefficient (Wildman–Crippen LogP) is 3.80. The first-order valence-corrected chi connectivity index (χ1v) is 9.09. The number of carbonyl (C=O) groups excluding carboxylic acids is 1. The van der Waals surface area contributed by atoms with Crippen LogP contribution in [0.3, 0.4) is 0 Å². The van der Waals surface area contributed by atoms with Crippen molar-refractivity contribution >= 4 is 39.6 Å². The Kier molecular flexibility index (Phi) is 4.81. The molecule has 0 aliphatic heterocycles. The van der Waals surface area contributed by atoms with Gasteiger partial charge in [-0.3, -0.25) is 9.36 Å². The van der Waals surface area contributed by atoms with Crippen LogP contribution in [-0.4, -0.2) is 32.4 Å². The second kappa shape index (κ2) is 7.21. The first-order chi connectivity index (χ1) is 14.1. The Labute approximate surface area is 171 Å². The van der Waals surface area contributed by atoms with Gasteiger partial charge in [0.1, 0.15) is 17.9 Å². The van der Waals surface area contributed by atoms with Gasteiger partial charge in [-0.05, 0) is 30.3 Å². The number of H-pyrrole nitrogens is 1. The van der Waals surface area contributed by atoms with Gasteiger partial charge in [0.2, 0.25) is 5.91 Å². The number of carbonyl (C=O) groups is 1. The van der Waals surface area contributed by atoms with Crippen LogP contribution in [0.2, 0.25) is 5.02 Å². The van der Waals surface area contributed by atoms with Crippen LogP contribution in [0, 0.1) is 0 Å². The van der Waals surface area contributed by atoms with Crippen molar-refractivity contribution in [3.63, 3.8) is 0 Å². The Bertz CT molecular complexity index is 1320. The molecule has 2 heterocycles. The van der Waals surface area contributed by atoms with Gasteiger partial charge < -0.3 is 14.3 Å². The summed E-state index contributed by atoms with van der Waals surface area (Å²) in [6.45, 7) is -0.396. The van der Waals surface area contributed by atoms with Crippen LogP contribution in [0.5, 0.6) is 0 Å². The number of amides is 1. The van der Waals surface area contributed by atoms with E-state index in [2.05, 4.69) is 9.97 Å². The molecule has 156 valence electrons. The summed E-state index contributed by atoms with van der Waals surface area (Å²) >= 11 is 5.94. The molecule has 0 saturated carbocycles. The molecule has 0 unspecified atom stereocenters. The SMILES string of the molecule is CN(Cc1nc2c(C(F)(F)F)cccc2[nH]1)C(=O)Cn1c(=O)oc2ccc(Cl)cc21. The Hall–Kier alpha value is -3.27. The van der Waals surface area contributed by atoms with E-state index >= 15 is 0 Å². The summed E-state index contributed by atoms with van der Waals surface area (Å²) in [5.74, 6) is -0.992. The van der Waals surface area contributed by atoms with Gasteiger partial charge in [0.25, 0.3) is 0 Å². The van der Waals surface area contributed by atoms with Gasteiger partial charge in [0, 0.05) is 12.1 Å². The van der Waals surface area contributed by atoms with Gasteiger partial charge in [-0.15, -0.1) is 0 Å². The molecule has 0 aliphatic carbocycles. The third-order valence-electron chi connectivity index (χ3n) is 4.60. The number of aromatic nitrogens is 3. The lowest BCUT2D eigenvalue weighted by atomic mass is 10.2. The molecule has 4 rings (SSSR count). The summed E-state index contributed by atoms with van der Waals surface area (Å²) in [6, 6.07) is 8.29. The zero-order valence-corrected chi connectivity index (χ0v) is 16.2. The number of oxazole rings is 1. The smallest absolute Gasteiger partial charge is 0.408 e. The fraction of sp³-hybridized carbons (Fsp3) is 0.211. The summed E-state index contributed by atoms with van der Waals surface area (Å²) in [5, 5.41) is 0.376. The van der Waals surface area contributed by atoms with E-state index in [1.54, 1.807) is 6.07 Å². The molecule has 1 amide bonds. The molecular weight excluding hydrogens is 425 g/mol. The first kappa shape index (κ1) is 20.0. The molecule has 11 heteroatoms. The quantitative estimate of drug-likeness (QED) is 0.525. The lowest BCUT2D eigenvalue weighted by Crippen LogP contribution is -2.32. The van der Waals surface area contributed by atoms with E-state index in [0.29, 0.717) is 10.5 Å². The first-order valence-electron chi connectivity index (χ1n) is 8.71. The number of alkyl halides is 3. The molecule has 2 aromatic carbocycles. The van der Waals surface area contributed by atoms with Gasteiger partial charge in [-0.25, -0.2) is 9.78 Å². The maximum Gasteiger partial charge on any atom is 0.420 e. The third kappa shape index (κ3) is 3.65. The Balaban J connectivity index is 1.57. The van der Waals surface area contributed by atoms with E-state index in [9.17, 15) is 22.8 Å². The monoisotopic (exact) mass is 438 g/mol. The van der Waals surface area contributed by atoms with E-state index in [1.807, 2.05) is 0 Å². The van der Waals surface area contributed by atoms with Crippen LogP contribution in [0.1, 0.15) is 11.4 Å². The minimum absolute atomic E-state index is 0.0733. The number of halogens is 4. The minimum atomic E-state index is -4.54. The number of hydrogen-bond acceptors (Lipinski definition) is 4. The van der Waals surface area contributed by atoms with Gasteiger partial charge in [-0.2, -0.15) is 13.2 Å². The molecule has 0 saturated heterocycles. The highest BCUT2D eigenvalue weighted by Gasteiger charge is 2.33. The van der Waals surface area contributed by atoms with Crippen LogP contribution in [0.25, 0.3) is 22.1 Å². The van der Waals surface area contributed by atoms with Gasteiger partial charge >= 0.3 is 11.9 Å². The summed E-state index contributed by atoms with van der Waals surface area (Å²) in [7, 11) is 1.46. The summed E-state index contributed by atoms with van der Waals surface area (Å²) in [4.78, 5) is 32.7. The highest BCUT2D eigenvalue weighted by Crippen LogP contribution is 2.33. The lowest BCUT2D eigenvalue weighted by molar-refractivity contribution is -0.136. The summed E-state index contributed by atoms with van der Waals surface area (Å²) < 4.78 is 45.7. The number of hydrogen-bond donors (Lipinski definition) is 1. The zero-order valence-electron chi connectivity index (χ0n) is 15.5. The van der Waals surface area contributed by atoms with Gasteiger partial charge in [0.15, 0.2) is 5.58 Å². The second-order valence-electron chi connectivity index (χ2n) is 6.70. The number of likely N-dealkylation sites (N-methyl/N-ethyl adjacent to an activating group) is 1. The van der Waals surface area contributed by atoms with Crippen molar-refractivity contribution in [3.8, 4) is 0 Å². The highest BCUT2D eigenvalue weighted by molar-refractivity contribution is 6.31. The largest absolute Gasteiger partial charge is 0.420 e. The molecule has 1 N–H and O–H groups in total. The number of aromatic amines is 1. The number of fused-ring (bicyclic) bond motifs is 2. The zero-order chi connectivity index (χ0) is 21.6. The molecule has 0 bridgehead atoms. The normalized spacial score (nSPS) is 12.0. The van der Waals surface area contributed by atoms with Crippen LogP contribution in [-0.2, 0) is 24.1 Å². The standard InChI is InChI=1S/C19H14ClF3N4O3/c1-26(8-15-24-12-4-2-3-11(17(12)25-15)19(21,22)23)16(28)9-27-13-7-10(20)5-6-14(13)30-18(27)29/h2-7H,8-9H2,1H3,(H,24,25). The number of rotatable bonds is 4. The minimum Gasteiger partial charge on any atom is -0.408 e. The maximum atomic E-state index is 13.2. The number of nitrogens with zero attached hydrogens (tertiary/aromatic N) is 3. The van der Waals surface area contributed by atoms with Gasteiger partial charge in [0.05, 0.1) is 23.1 Å². The Morgan fingerprint density at radius 1 is 1.30 bits per heavy atom. The molecule has 30 heavy (non-hydrogen) atoms. The average Bonchev–Trinajstić information content (AvgIpc) is 3.21. The van der Waals surface area contributed by atoms with Crippen molar-refractivity contribution in [2.75, 3.05) is 7.05 Å². The van der Waals surface area contributed by atoms with Crippen LogP contribution >= 0.6 is 11.6 Å². The van der Waals surface area contributed by atoms with Crippen molar-refractivity contribution in [1.82, 2.24) is 19.4 Å². The maximum absolute atomic E-state index is 13.2. The van der Waals surface area contributed by atoms with Crippen molar-refractivity contribution in [1.29, 1.82) is 0 Å². The number of imidazole rings is 1. The van der Waals surface area contributed by atoms with Crippen molar-refractivity contribution < 1.29 is 22.4 Å². The van der Waals surface area contributed by atoms with Crippen molar-refractivity contribution in [2.24, 2.45) is 0 Å². The van der Waals surface area contributed by atoms with Crippen LogP contribution < -0.4 is 5.76 Å². The lowest BCUT2D eigenvalue weighted by Gasteiger charge is -2.15. The third-order valence-corrected chi connectivity index (χ3v) is 4.84. The molecule has 0 aliphatic rings. The number of nitrogens with one attached hydrogen (secondary N) is 1. The fourth-order valence-electron chi connectivity index (χ4n) is 3.14. The molecule has 4 aromatic rings. The molecule has 2 aromatic heterocycles. The Morgan fingerprint density at radius 2 is 2.07 bits per heavy atom. The van der Waals surface area contributed by atoms with Crippen LogP contribution in [0.15, 0.2) is 45.6 Å². The van der Waals surface area contributed by atoms with Crippen molar-refractivity contribution in [3.05, 3.63) is 63.4 Å². The van der Waals surface area contributed by atoms with Gasteiger partial charge in [-0.1, -0.05) is 17.7 Å². The van der Waals surface area contributed by atoms with E-state index < -0.39 is 23.4 Å². The molecule has 0 fully saturated rings. The van der Waals surface area contributed by atoms with E-state index in [-0.39, 0.29) is 35.5 Å². The van der Waals surface area contributed by atoms with Crippen LogP contribution in [0.4, 0.5) is 13.2 Å². The molecule has 7 nitrogen and oxygen atoms in total. The highest BCUT2D eigenvalue weighted by atomic mass is 35.5. The average molecular weight is 439 g/mol. The Morgan fingerprint density at radius 3 is 2.80 bits per heavy atom. The number of para-hydroxylation sites is 1. The molecule has 0 atom stereocenters. The summed E-state index contributed by atoms with van der Waals surface area (Å²) in [5.41, 5.74) is -0.200. The fourth-order valence-corrected chi connectivity index (χ4v) is 3.31. The summed E-state index contributed by atoms with van der Waals surface area (Å²) in [6.07, 6.45) is -4.54. The number of benzene rings is 2. The van der Waals surface area contributed by atoms with E-state index in [1.165, 1.54) is 36.2 Å². The predicted molar refractivity (Wildman–Crippen MR) is 103 cm³/mol. The van der Waals surface area contributed by atoms with Crippen molar-refractivity contribution in [2.45, 2.75) is 19.3 Å². The van der Waals surface area contributed by atoms with E-state index in [4.69, 9.17) is 16.0 Å². The topological polar surface area (TPSA) is 84.1 Å². The van der Waals surface area contributed by atoms with E-state index in [0.717, 1.165) is 10.6 Å². The second-order valence-corrected chi connectivity index (χ2v) is 7.14.